The molecule has 1 saturated heterocycles. The molecule has 0 aromatic rings. The largest absolute Gasteiger partial charge is 0.495 e. The van der Waals surface area contributed by atoms with E-state index in [1.807, 2.05) is 0 Å². The van der Waals surface area contributed by atoms with Crippen LogP contribution >= 0.6 is 0 Å². The van der Waals surface area contributed by atoms with Gasteiger partial charge in [0.05, 0.1) is 5.76 Å². The molecule has 1 unspecified atom stereocenters. The van der Waals surface area contributed by atoms with Gasteiger partial charge in [-0.05, 0) is 12.8 Å². The smallest absolute Gasteiger partial charge is 0.105 e. The van der Waals surface area contributed by atoms with E-state index in [9.17, 15) is 0 Å². The predicted molar refractivity (Wildman–Crippen MR) is 70.5 cm³/mol. The zero-order chi connectivity index (χ0) is 11.6. The highest BCUT2D eigenvalue weighted by molar-refractivity contribution is 4.96. The molecule has 1 heterocycles. The van der Waals surface area contributed by atoms with Crippen LogP contribution in [0.25, 0.3) is 0 Å². The summed E-state index contributed by atoms with van der Waals surface area (Å²) >= 11 is 0. The molecule has 16 heavy (non-hydrogen) atoms. The topological polar surface area (TPSA) is 9.23 Å². The molecule has 0 spiro atoms. The van der Waals surface area contributed by atoms with Crippen molar-refractivity contribution in [1.29, 1.82) is 0 Å². The van der Waals surface area contributed by atoms with E-state index in [-0.39, 0.29) is 0 Å². The van der Waals surface area contributed by atoms with Crippen LogP contribution < -0.4 is 0 Å². The monoisotopic (exact) mass is 224 g/mol. The minimum absolute atomic E-state index is 0.511. The van der Waals surface area contributed by atoms with E-state index >= 15 is 0 Å². The summed E-state index contributed by atoms with van der Waals surface area (Å²) in [6.07, 6.45) is 15.5. The molecule has 1 atom stereocenters. The molecule has 0 radical (unpaired) electrons. The van der Waals surface area contributed by atoms with Crippen molar-refractivity contribution in [3.8, 4) is 0 Å². The van der Waals surface area contributed by atoms with E-state index in [1.54, 1.807) is 0 Å². The van der Waals surface area contributed by atoms with Crippen molar-refractivity contribution in [3.63, 3.8) is 0 Å². The van der Waals surface area contributed by atoms with Crippen LogP contribution in [0.4, 0.5) is 0 Å². The van der Waals surface area contributed by atoms with Gasteiger partial charge in [-0.15, -0.1) is 0 Å². The molecule has 1 heteroatoms. The van der Waals surface area contributed by atoms with Gasteiger partial charge in [0, 0.05) is 6.42 Å². The summed E-state index contributed by atoms with van der Waals surface area (Å²) in [7, 11) is 0. The van der Waals surface area contributed by atoms with E-state index in [0.29, 0.717) is 6.10 Å². The highest BCUT2D eigenvalue weighted by atomic mass is 16.5. The third-order valence-electron chi connectivity index (χ3n) is 3.42. The summed E-state index contributed by atoms with van der Waals surface area (Å²) in [5.41, 5.74) is 0. The van der Waals surface area contributed by atoms with Crippen molar-refractivity contribution in [1.82, 2.24) is 0 Å². The Kier molecular flexibility index (Phi) is 7.37. The Bertz CT molecular complexity index is 178. The Hall–Kier alpha value is -0.460. The van der Waals surface area contributed by atoms with Gasteiger partial charge in [-0.1, -0.05) is 64.9 Å². The minimum atomic E-state index is 0.511. The molecule has 0 bridgehead atoms. The van der Waals surface area contributed by atoms with Gasteiger partial charge in [0.15, 0.2) is 0 Å². The van der Waals surface area contributed by atoms with E-state index < -0.39 is 0 Å². The van der Waals surface area contributed by atoms with Crippen molar-refractivity contribution in [3.05, 3.63) is 12.3 Å². The number of unbranched alkanes of at least 4 members (excludes halogenated alkanes) is 8. The zero-order valence-corrected chi connectivity index (χ0v) is 11.0. The highest BCUT2D eigenvalue weighted by Crippen LogP contribution is 2.26. The number of ether oxygens (including phenoxy) is 1. The maximum Gasteiger partial charge on any atom is 0.105 e. The first-order valence-corrected chi connectivity index (χ1v) is 7.17. The lowest BCUT2D eigenvalue weighted by atomic mass is 10.0. The summed E-state index contributed by atoms with van der Waals surface area (Å²) in [6, 6.07) is 0. The Labute approximate surface area is 101 Å². The molecule has 1 fully saturated rings. The quantitative estimate of drug-likeness (QED) is 0.463. The summed E-state index contributed by atoms with van der Waals surface area (Å²) in [5, 5.41) is 0. The van der Waals surface area contributed by atoms with Gasteiger partial charge in [-0.3, -0.25) is 0 Å². The van der Waals surface area contributed by atoms with Gasteiger partial charge in [-0.25, -0.2) is 0 Å². The van der Waals surface area contributed by atoms with Gasteiger partial charge >= 0.3 is 0 Å². The molecule has 0 amide bonds. The van der Waals surface area contributed by atoms with Gasteiger partial charge in [-0.2, -0.15) is 0 Å². The summed E-state index contributed by atoms with van der Waals surface area (Å²) in [5.74, 6) is 0.987. The molecule has 94 valence electrons. The molecule has 0 aromatic heterocycles. The molecule has 1 rings (SSSR count). The van der Waals surface area contributed by atoms with Crippen LogP contribution in [0, 0.1) is 0 Å². The number of hydrogen-bond acceptors (Lipinski definition) is 1. The Balaban J connectivity index is 1.70. The average Bonchev–Trinajstić information content (AvgIpc) is 2.24. The molecule has 0 aromatic carbocycles. The maximum absolute atomic E-state index is 5.42. The molecule has 1 aliphatic heterocycles. The number of hydrogen-bond donors (Lipinski definition) is 0. The third kappa shape index (κ3) is 6.19. The van der Waals surface area contributed by atoms with E-state index in [2.05, 4.69) is 13.5 Å². The Morgan fingerprint density at radius 1 is 1.00 bits per heavy atom. The van der Waals surface area contributed by atoms with Crippen molar-refractivity contribution < 1.29 is 4.74 Å². The van der Waals surface area contributed by atoms with Gasteiger partial charge in [0.2, 0.25) is 0 Å². The second kappa shape index (κ2) is 8.66. The molecular weight excluding hydrogens is 196 g/mol. The van der Waals surface area contributed by atoms with Crippen molar-refractivity contribution in [2.45, 2.75) is 83.7 Å². The van der Waals surface area contributed by atoms with Crippen LogP contribution in [0.2, 0.25) is 0 Å². The summed E-state index contributed by atoms with van der Waals surface area (Å²) in [6.45, 7) is 6.06. The van der Waals surface area contributed by atoms with Crippen LogP contribution in [0.15, 0.2) is 12.3 Å². The van der Waals surface area contributed by atoms with Gasteiger partial charge in [0.25, 0.3) is 0 Å². The van der Waals surface area contributed by atoms with Crippen LogP contribution in [-0.4, -0.2) is 6.10 Å². The van der Waals surface area contributed by atoms with Crippen LogP contribution in [-0.2, 0) is 4.74 Å². The lowest BCUT2D eigenvalue weighted by Gasteiger charge is -2.29. The SMILES string of the molecule is C=C1CC(CCCCCCCCCCC)O1. The first-order chi connectivity index (χ1) is 7.83. The Morgan fingerprint density at radius 2 is 1.50 bits per heavy atom. The minimum Gasteiger partial charge on any atom is -0.495 e. The van der Waals surface area contributed by atoms with Gasteiger partial charge in [0.1, 0.15) is 6.10 Å². The standard InChI is InChI=1S/C15H28O/c1-3-4-5-6-7-8-9-10-11-12-15-13-14(2)16-15/h15H,2-13H2,1H3. The van der Waals surface area contributed by atoms with Crippen LogP contribution in [0.1, 0.15) is 77.6 Å². The third-order valence-corrected chi connectivity index (χ3v) is 3.42. The van der Waals surface area contributed by atoms with E-state index in [4.69, 9.17) is 4.74 Å². The highest BCUT2D eigenvalue weighted by Gasteiger charge is 2.21. The van der Waals surface area contributed by atoms with E-state index in [1.165, 1.54) is 64.2 Å². The average molecular weight is 224 g/mol. The molecule has 0 saturated carbocycles. The second-order valence-electron chi connectivity index (χ2n) is 5.10. The van der Waals surface area contributed by atoms with E-state index in [0.717, 1.165) is 12.2 Å². The van der Waals surface area contributed by atoms with Gasteiger partial charge < -0.3 is 4.74 Å². The molecular formula is C15H28O. The lowest BCUT2D eigenvalue weighted by molar-refractivity contribution is 0.0141. The normalized spacial score (nSPS) is 19.3. The molecule has 1 aliphatic rings. The molecule has 1 nitrogen and oxygen atoms in total. The maximum atomic E-state index is 5.42. The van der Waals surface area contributed by atoms with Crippen molar-refractivity contribution in [2.75, 3.05) is 0 Å². The first-order valence-electron chi connectivity index (χ1n) is 7.17. The molecule has 0 aliphatic carbocycles. The molecule has 0 N–H and O–H groups in total. The fourth-order valence-electron chi connectivity index (χ4n) is 2.32. The summed E-state index contributed by atoms with van der Waals surface area (Å²) < 4.78 is 5.42. The van der Waals surface area contributed by atoms with Crippen LogP contribution in [0.5, 0.6) is 0 Å². The van der Waals surface area contributed by atoms with Crippen molar-refractivity contribution in [2.24, 2.45) is 0 Å². The van der Waals surface area contributed by atoms with Crippen molar-refractivity contribution >= 4 is 0 Å². The zero-order valence-electron chi connectivity index (χ0n) is 11.0. The second-order valence-corrected chi connectivity index (χ2v) is 5.10. The van der Waals surface area contributed by atoms with Crippen LogP contribution in [0.3, 0.4) is 0 Å². The fraction of sp³-hybridized carbons (Fsp3) is 0.867. The first kappa shape index (κ1) is 13.6. The predicted octanol–water partition coefficient (Wildman–Crippen LogP) is 5.21. The lowest BCUT2D eigenvalue weighted by Crippen LogP contribution is -2.23. The number of rotatable bonds is 10. The fourth-order valence-corrected chi connectivity index (χ4v) is 2.32. The summed E-state index contributed by atoms with van der Waals surface area (Å²) in [4.78, 5) is 0. The Morgan fingerprint density at radius 3 is 2.00 bits per heavy atom.